The van der Waals surface area contributed by atoms with E-state index >= 15 is 0 Å². The number of nitrogens with zero attached hydrogens (tertiary/aromatic N) is 4. The second-order valence-corrected chi connectivity index (χ2v) is 9.32. The molecule has 0 atom stereocenters. The van der Waals surface area contributed by atoms with E-state index in [1.54, 1.807) is 48.3 Å². The number of amides is 2. The first-order valence-corrected chi connectivity index (χ1v) is 12.6. The highest BCUT2D eigenvalue weighted by molar-refractivity contribution is 6.33. The van der Waals surface area contributed by atoms with Crippen molar-refractivity contribution in [1.29, 1.82) is 5.26 Å². The Balaban J connectivity index is 0.000000377. The topological polar surface area (TPSA) is 189 Å². The lowest BCUT2D eigenvalue weighted by Gasteiger charge is -2.23. The summed E-state index contributed by atoms with van der Waals surface area (Å²) in [6.07, 6.45) is 1.43. The summed E-state index contributed by atoms with van der Waals surface area (Å²) >= 11 is 5.56. The largest absolute Gasteiger partial charge is 0.397 e. The number of aldehydes is 1. The van der Waals surface area contributed by atoms with Gasteiger partial charge in [-0.1, -0.05) is 29.8 Å². The Morgan fingerprint density at radius 1 is 1.12 bits per heavy atom. The van der Waals surface area contributed by atoms with Crippen LogP contribution in [0.1, 0.15) is 39.6 Å². The van der Waals surface area contributed by atoms with Crippen molar-refractivity contribution >= 4 is 58.1 Å². The van der Waals surface area contributed by atoms with Crippen LogP contribution in [0.25, 0.3) is 0 Å². The lowest BCUT2D eigenvalue weighted by Crippen LogP contribution is -2.31. The molecule has 2 amide bonds. The van der Waals surface area contributed by atoms with Crippen molar-refractivity contribution in [3.05, 3.63) is 86.4 Å². The predicted octanol–water partition coefficient (Wildman–Crippen LogP) is 4.34. The van der Waals surface area contributed by atoms with Gasteiger partial charge in [0.1, 0.15) is 6.07 Å². The first-order valence-electron chi connectivity index (χ1n) is 12.2. The predicted molar refractivity (Wildman–Crippen MR) is 159 cm³/mol. The van der Waals surface area contributed by atoms with Gasteiger partial charge in [-0.15, -0.1) is 0 Å². The summed E-state index contributed by atoms with van der Waals surface area (Å²) in [7, 11) is 3.66. The minimum atomic E-state index is -0.633. The molecule has 0 aliphatic heterocycles. The third-order valence-electron chi connectivity index (χ3n) is 5.89. The number of hydrogen-bond acceptors (Lipinski definition) is 9. The normalized spacial score (nSPS) is 9.93. The molecule has 13 heteroatoms. The van der Waals surface area contributed by atoms with Gasteiger partial charge in [-0.2, -0.15) is 5.26 Å². The first kappa shape index (κ1) is 32.1. The zero-order valence-corrected chi connectivity index (χ0v) is 23.5. The monoisotopic (exact) mass is 579 g/mol. The molecular formula is C28H30ClN7O5. The molecule has 12 nitrogen and oxygen atoms in total. The number of nitrogens with one attached hydrogen (secondary N) is 1. The number of nitrogen functional groups attached to an aromatic ring is 2. The number of anilines is 4. The van der Waals surface area contributed by atoms with E-state index in [1.807, 2.05) is 24.1 Å². The molecule has 0 fully saturated rings. The van der Waals surface area contributed by atoms with Gasteiger partial charge in [0.05, 0.1) is 38.1 Å². The highest BCUT2D eigenvalue weighted by Crippen LogP contribution is 2.28. The Bertz CT molecular complexity index is 1490. The summed E-state index contributed by atoms with van der Waals surface area (Å²) in [5.41, 5.74) is 13.9. The lowest BCUT2D eigenvalue weighted by atomic mass is 10.1. The maximum Gasteiger partial charge on any atom is 0.272 e. The minimum absolute atomic E-state index is 0.0131. The van der Waals surface area contributed by atoms with Crippen molar-refractivity contribution in [2.75, 3.05) is 48.9 Å². The van der Waals surface area contributed by atoms with Crippen molar-refractivity contribution in [3.8, 4) is 6.07 Å². The summed E-state index contributed by atoms with van der Waals surface area (Å²) in [4.78, 5) is 48.3. The smallest absolute Gasteiger partial charge is 0.272 e. The van der Waals surface area contributed by atoms with Crippen LogP contribution in [0.4, 0.5) is 28.4 Å². The van der Waals surface area contributed by atoms with Crippen LogP contribution < -0.4 is 21.7 Å². The van der Waals surface area contributed by atoms with E-state index in [2.05, 4.69) is 5.32 Å². The van der Waals surface area contributed by atoms with E-state index < -0.39 is 4.92 Å². The standard InChI is InChI=1S/C21H26N4O3.C7H4ClN3O2/c1-15(27)23-20-13-17(9-10-19(20)22)24(2)11-6-12-25(3)21(28)18-8-5-4-7-16(18)14-26;8-6-2-5(11(12)13)1-4(3-9)7(6)10/h4-5,7-10,13-14H,6,11-12,22H2,1-3H3,(H,23,27);1-2H,10H2. The fourth-order valence-electron chi connectivity index (χ4n) is 3.66. The van der Waals surface area contributed by atoms with Gasteiger partial charge in [-0.05, 0) is 30.7 Å². The summed E-state index contributed by atoms with van der Waals surface area (Å²) in [5, 5.41) is 21.6. The molecule has 0 radical (unpaired) electrons. The summed E-state index contributed by atoms with van der Waals surface area (Å²) in [5.74, 6) is -0.354. The Hall–Kier alpha value is -5.15. The molecule has 5 N–H and O–H groups in total. The van der Waals surface area contributed by atoms with Crippen LogP contribution >= 0.6 is 11.6 Å². The van der Waals surface area contributed by atoms with Gasteiger partial charge in [0.25, 0.3) is 11.6 Å². The molecule has 3 aromatic rings. The number of nitro groups is 1. The number of hydrogen-bond donors (Lipinski definition) is 3. The highest BCUT2D eigenvalue weighted by atomic mass is 35.5. The van der Waals surface area contributed by atoms with Crippen molar-refractivity contribution in [3.63, 3.8) is 0 Å². The molecule has 0 aromatic heterocycles. The molecular weight excluding hydrogens is 550 g/mol. The average molecular weight is 580 g/mol. The molecule has 3 aromatic carbocycles. The van der Waals surface area contributed by atoms with Crippen molar-refractivity contribution in [2.45, 2.75) is 13.3 Å². The maximum absolute atomic E-state index is 12.6. The first-order chi connectivity index (χ1) is 19.4. The molecule has 0 aliphatic rings. The summed E-state index contributed by atoms with van der Waals surface area (Å²) < 4.78 is 0. The number of nitriles is 1. The van der Waals surface area contributed by atoms with Crippen LogP contribution in [-0.4, -0.2) is 55.1 Å². The highest BCUT2D eigenvalue weighted by Gasteiger charge is 2.16. The van der Waals surface area contributed by atoms with E-state index in [0.717, 1.165) is 24.2 Å². The SMILES string of the molecule is CC(=O)Nc1cc(N(C)CCCN(C)C(=O)c2ccccc2C=O)ccc1N.N#Cc1cc([N+](=O)[O-])cc(Cl)c1N. The van der Waals surface area contributed by atoms with E-state index in [4.69, 9.17) is 28.3 Å². The molecule has 0 spiro atoms. The Labute approximate surface area is 242 Å². The zero-order chi connectivity index (χ0) is 30.7. The van der Waals surface area contributed by atoms with Gasteiger partial charge in [0.2, 0.25) is 5.91 Å². The molecule has 0 aliphatic carbocycles. The number of nitrogens with two attached hydrogens (primary N) is 2. The van der Waals surface area contributed by atoms with Crippen molar-refractivity contribution in [1.82, 2.24) is 4.90 Å². The molecule has 0 unspecified atom stereocenters. The van der Waals surface area contributed by atoms with E-state index in [0.29, 0.717) is 41.9 Å². The number of nitro benzene ring substituents is 1. The van der Waals surface area contributed by atoms with Crippen LogP contribution in [0.3, 0.4) is 0 Å². The Morgan fingerprint density at radius 3 is 2.41 bits per heavy atom. The lowest BCUT2D eigenvalue weighted by molar-refractivity contribution is -0.384. The molecule has 41 heavy (non-hydrogen) atoms. The number of halogens is 1. The molecule has 0 saturated carbocycles. The minimum Gasteiger partial charge on any atom is -0.397 e. The number of carbonyl (C=O) groups is 3. The summed E-state index contributed by atoms with van der Waals surface area (Å²) in [6.45, 7) is 2.69. The molecule has 214 valence electrons. The van der Waals surface area contributed by atoms with Gasteiger partial charge >= 0.3 is 0 Å². The van der Waals surface area contributed by atoms with Crippen LogP contribution in [0.2, 0.25) is 5.02 Å². The molecule has 3 rings (SSSR count). The zero-order valence-electron chi connectivity index (χ0n) is 22.8. The summed E-state index contributed by atoms with van der Waals surface area (Å²) in [6, 6.07) is 16.1. The number of rotatable bonds is 9. The number of benzene rings is 3. The van der Waals surface area contributed by atoms with E-state index in [-0.39, 0.29) is 33.8 Å². The van der Waals surface area contributed by atoms with Crippen LogP contribution in [-0.2, 0) is 4.79 Å². The Morgan fingerprint density at radius 2 is 1.80 bits per heavy atom. The van der Waals surface area contributed by atoms with Gasteiger partial charge in [0.15, 0.2) is 6.29 Å². The Kier molecular flexibility index (Phi) is 11.6. The quantitative estimate of drug-likeness (QED) is 0.143. The fraction of sp³-hybridized carbons (Fsp3) is 0.214. The number of carbonyl (C=O) groups excluding carboxylic acids is 3. The second-order valence-electron chi connectivity index (χ2n) is 8.92. The van der Waals surface area contributed by atoms with E-state index in [1.165, 1.54) is 6.92 Å². The molecule has 0 heterocycles. The fourth-order valence-corrected chi connectivity index (χ4v) is 3.87. The maximum atomic E-state index is 12.6. The third kappa shape index (κ3) is 8.94. The second kappa shape index (κ2) is 14.9. The number of non-ortho nitro benzene ring substituents is 1. The average Bonchev–Trinajstić information content (AvgIpc) is 2.94. The molecule has 0 bridgehead atoms. The van der Waals surface area contributed by atoms with Gasteiger partial charge < -0.3 is 26.6 Å². The molecule has 0 saturated heterocycles. The van der Waals surface area contributed by atoms with Gasteiger partial charge in [-0.25, -0.2) is 0 Å². The van der Waals surface area contributed by atoms with Crippen molar-refractivity contribution < 1.29 is 19.3 Å². The van der Waals surface area contributed by atoms with Gasteiger partial charge in [0, 0.05) is 57.5 Å². The van der Waals surface area contributed by atoms with Crippen molar-refractivity contribution in [2.24, 2.45) is 0 Å². The van der Waals surface area contributed by atoms with Crippen LogP contribution in [0.5, 0.6) is 0 Å². The van der Waals surface area contributed by atoms with Crippen LogP contribution in [0.15, 0.2) is 54.6 Å². The third-order valence-corrected chi connectivity index (χ3v) is 6.20. The van der Waals surface area contributed by atoms with Gasteiger partial charge in [-0.3, -0.25) is 24.5 Å². The van der Waals surface area contributed by atoms with Crippen LogP contribution in [0, 0.1) is 21.4 Å². The van der Waals surface area contributed by atoms with E-state index in [9.17, 15) is 24.5 Å².